The van der Waals surface area contributed by atoms with Gasteiger partial charge in [0, 0.05) is 12.5 Å². The molecule has 0 aliphatic rings. The van der Waals surface area contributed by atoms with Crippen molar-refractivity contribution < 1.29 is 27.8 Å². The van der Waals surface area contributed by atoms with Gasteiger partial charge in [-0.2, -0.15) is 4.98 Å². The summed E-state index contributed by atoms with van der Waals surface area (Å²) in [6.07, 6.45) is 2.45. The van der Waals surface area contributed by atoms with Gasteiger partial charge < -0.3 is 20.9 Å². The van der Waals surface area contributed by atoms with Crippen LogP contribution in [0.4, 0.5) is 18.9 Å². The van der Waals surface area contributed by atoms with Crippen LogP contribution in [0.15, 0.2) is 42.9 Å². The molecule has 4 N–H and O–H groups in total. The van der Waals surface area contributed by atoms with Crippen molar-refractivity contribution in [1.82, 2.24) is 15.0 Å². The third kappa shape index (κ3) is 5.69. The zero-order valence-electron chi connectivity index (χ0n) is 16.5. The van der Waals surface area contributed by atoms with E-state index in [1.165, 1.54) is 12.5 Å². The van der Waals surface area contributed by atoms with E-state index in [-0.39, 0.29) is 55.3 Å². The maximum Gasteiger partial charge on any atom is 0.274 e. The van der Waals surface area contributed by atoms with Crippen molar-refractivity contribution in [3.63, 3.8) is 0 Å². The summed E-state index contributed by atoms with van der Waals surface area (Å²) in [5.41, 5.74) is 3.95. The van der Waals surface area contributed by atoms with E-state index < -0.39 is 34.6 Å². The average Bonchev–Trinajstić information content (AvgIpc) is 2.76. The quantitative estimate of drug-likeness (QED) is 0.463. The molecule has 0 aliphatic heterocycles. The van der Waals surface area contributed by atoms with Gasteiger partial charge in [0.05, 0.1) is 25.0 Å². The lowest BCUT2D eigenvalue weighted by atomic mass is 10.1. The number of pyridine rings is 1. The Bertz CT molecular complexity index is 1070. The molecule has 0 fully saturated rings. The second-order valence-electron chi connectivity index (χ2n) is 6.41. The number of anilines is 1. The molecule has 1 atom stereocenters. The predicted octanol–water partition coefficient (Wildman–Crippen LogP) is 2.58. The average molecular weight is 470 g/mol. The maximum atomic E-state index is 14.2. The molecule has 1 aromatic carbocycles. The van der Waals surface area contributed by atoms with Crippen molar-refractivity contribution in [1.29, 1.82) is 0 Å². The Kier molecular flexibility index (Phi) is 8.88. The minimum atomic E-state index is -1.02. The largest absolute Gasteiger partial charge is 0.476 e. The second-order valence-corrected chi connectivity index (χ2v) is 6.41. The lowest BCUT2D eigenvalue weighted by molar-refractivity contribution is 0.102. The number of carbonyl (C=O) groups is 1. The molecule has 3 rings (SSSR count). The van der Waals surface area contributed by atoms with Gasteiger partial charge in [-0.05, 0) is 24.3 Å². The maximum absolute atomic E-state index is 14.2. The Labute approximate surface area is 187 Å². The Morgan fingerprint density at radius 2 is 1.88 bits per heavy atom. The Morgan fingerprint density at radius 1 is 1.16 bits per heavy atom. The summed E-state index contributed by atoms with van der Waals surface area (Å²) in [4.78, 5) is 24.1. The van der Waals surface area contributed by atoms with Gasteiger partial charge >= 0.3 is 0 Å². The van der Waals surface area contributed by atoms with Crippen molar-refractivity contribution in [3.8, 4) is 17.1 Å². The summed E-state index contributed by atoms with van der Waals surface area (Å²) < 4.78 is 47.8. The number of aliphatic hydroxyl groups is 1. The summed E-state index contributed by atoms with van der Waals surface area (Å²) >= 11 is 0. The third-order valence-electron chi connectivity index (χ3n) is 4.25. The molecule has 0 spiro atoms. The minimum Gasteiger partial charge on any atom is -0.476 e. The van der Waals surface area contributed by atoms with Crippen LogP contribution < -0.4 is 15.8 Å². The molecule has 12 heteroatoms. The number of aromatic nitrogens is 3. The molecule has 0 radical (unpaired) electrons. The minimum absolute atomic E-state index is 0. The van der Waals surface area contributed by atoms with E-state index in [0.717, 1.165) is 30.3 Å². The number of nitrogens with two attached hydrogens (primary N) is 1. The number of benzene rings is 1. The van der Waals surface area contributed by atoms with E-state index in [2.05, 4.69) is 20.3 Å². The molecular formula is C20H19ClF3N5O3. The lowest BCUT2D eigenvalue weighted by Gasteiger charge is -2.15. The van der Waals surface area contributed by atoms with Crippen LogP contribution >= 0.6 is 12.4 Å². The number of halogens is 4. The molecule has 2 aromatic heterocycles. The Morgan fingerprint density at radius 3 is 2.53 bits per heavy atom. The summed E-state index contributed by atoms with van der Waals surface area (Å²) in [5, 5.41) is 11.7. The number of nitrogens with zero attached hydrogens (tertiary/aromatic N) is 3. The molecule has 8 nitrogen and oxygen atoms in total. The first-order chi connectivity index (χ1) is 14.9. The number of nitrogens with one attached hydrogen (secondary N) is 1. The van der Waals surface area contributed by atoms with Crippen LogP contribution in [0.3, 0.4) is 0 Å². The number of carbonyl (C=O) groups excluding carboxylic acids is 1. The zero-order valence-corrected chi connectivity index (χ0v) is 17.3. The number of ether oxygens (including phenoxy) is 1. The molecule has 2 heterocycles. The number of rotatable bonds is 8. The normalized spacial score (nSPS) is 11.4. The van der Waals surface area contributed by atoms with Crippen LogP contribution in [-0.2, 0) is 0 Å². The first kappa shape index (κ1) is 25.0. The van der Waals surface area contributed by atoms with E-state index in [9.17, 15) is 23.1 Å². The molecule has 0 saturated carbocycles. The number of amides is 1. The van der Waals surface area contributed by atoms with Crippen LogP contribution in [0.1, 0.15) is 10.5 Å². The van der Waals surface area contributed by atoms with Crippen molar-refractivity contribution in [3.05, 3.63) is 66.0 Å². The second kappa shape index (κ2) is 11.4. The molecule has 1 amide bonds. The fourth-order valence-corrected chi connectivity index (χ4v) is 2.57. The van der Waals surface area contributed by atoms with E-state index >= 15 is 0 Å². The fourth-order valence-electron chi connectivity index (χ4n) is 2.57. The highest BCUT2D eigenvalue weighted by atomic mass is 35.5. The van der Waals surface area contributed by atoms with Crippen LogP contribution in [0, 0.1) is 23.4 Å². The Hall–Kier alpha value is -3.28. The van der Waals surface area contributed by atoms with Gasteiger partial charge in [-0.25, -0.2) is 23.1 Å². The standard InChI is InChI=1S/C20H18F3N5O3.ClH/c21-12-2-1-3-13(22)17(12)18-14(23)4-5-15(27-18)19(30)28-16-7-25-10-26-20(16)31-9-11(6-24)8-29;/h1-5,7,10-11,29H,6,8-9,24H2,(H,28,30);1H. The molecule has 170 valence electrons. The van der Waals surface area contributed by atoms with Crippen molar-refractivity contribution in [2.24, 2.45) is 11.7 Å². The molecule has 32 heavy (non-hydrogen) atoms. The number of hydrogen-bond acceptors (Lipinski definition) is 7. The molecule has 0 bridgehead atoms. The van der Waals surface area contributed by atoms with Crippen molar-refractivity contribution in [2.75, 3.05) is 25.1 Å². The van der Waals surface area contributed by atoms with Gasteiger partial charge in [0.15, 0.2) is 0 Å². The SMILES string of the molecule is Cl.NCC(CO)COc1ncncc1NC(=O)c1ccc(F)c(-c2c(F)cccc2F)n1. The zero-order chi connectivity index (χ0) is 22.4. The van der Waals surface area contributed by atoms with E-state index in [0.29, 0.717) is 0 Å². The van der Waals surface area contributed by atoms with Gasteiger partial charge in [0.1, 0.15) is 40.9 Å². The highest BCUT2D eigenvalue weighted by Gasteiger charge is 2.20. The molecule has 3 aromatic rings. The molecule has 0 aliphatic carbocycles. The molecular weight excluding hydrogens is 451 g/mol. The fraction of sp³-hybridized carbons (Fsp3) is 0.200. The van der Waals surface area contributed by atoms with E-state index in [1.54, 1.807) is 0 Å². The molecule has 1 unspecified atom stereocenters. The molecule has 0 saturated heterocycles. The lowest BCUT2D eigenvalue weighted by Crippen LogP contribution is -2.25. The summed E-state index contributed by atoms with van der Waals surface area (Å²) in [6.45, 7) is 0.0225. The Balaban J connectivity index is 0.00000363. The summed E-state index contributed by atoms with van der Waals surface area (Å²) in [6, 6.07) is 4.99. The topological polar surface area (TPSA) is 123 Å². The smallest absolute Gasteiger partial charge is 0.274 e. The first-order valence-electron chi connectivity index (χ1n) is 9.10. The van der Waals surface area contributed by atoms with E-state index in [1.807, 2.05) is 0 Å². The monoisotopic (exact) mass is 469 g/mol. The first-order valence-corrected chi connectivity index (χ1v) is 9.10. The van der Waals surface area contributed by atoms with Gasteiger partial charge in [-0.1, -0.05) is 6.07 Å². The van der Waals surface area contributed by atoms with Crippen LogP contribution in [-0.4, -0.2) is 45.7 Å². The van der Waals surface area contributed by atoms with Crippen molar-refractivity contribution >= 4 is 24.0 Å². The highest BCUT2D eigenvalue weighted by molar-refractivity contribution is 6.03. The number of aliphatic hydroxyl groups excluding tert-OH is 1. The summed E-state index contributed by atoms with van der Waals surface area (Å²) in [7, 11) is 0. The van der Waals surface area contributed by atoms with Gasteiger partial charge in [0.2, 0.25) is 5.88 Å². The van der Waals surface area contributed by atoms with Gasteiger partial charge in [0.25, 0.3) is 5.91 Å². The number of hydrogen-bond donors (Lipinski definition) is 3. The van der Waals surface area contributed by atoms with Crippen LogP contribution in [0.25, 0.3) is 11.3 Å². The third-order valence-corrected chi connectivity index (χ3v) is 4.25. The summed E-state index contributed by atoms with van der Waals surface area (Å²) in [5.74, 6) is -4.17. The van der Waals surface area contributed by atoms with Crippen LogP contribution in [0.2, 0.25) is 0 Å². The predicted molar refractivity (Wildman–Crippen MR) is 112 cm³/mol. The van der Waals surface area contributed by atoms with Crippen LogP contribution in [0.5, 0.6) is 5.88 Å². The highest BCUT2D eigenvalue weighted by Crippen LogP contribution is 2.27. The van der Waals surface area contributed by atoms with Gasteiger partial charge in [-0.15, -0.1) is 12.4 Å². The van der Waals surface area contributed by atoms with Gasteiger partial charge in [-0.3, -0.25) is 4.79 Å². The van der Waals surface area contributed by atoms with E-state index in [4.69, 9.17) is 10.5 Å². The van der Waals surface area contributed by atoms with Crippen molar-refractivity contribution in [2.45, 2.75) is 0 Å².